The number of hydrogen-bond donors (Lipinski definition) is 2. The fourth-order valence-electron chi connectivity index (χ4n) is 1.61. The fourth-order valence-corrected chi connectivity index (χ4v) is 1.61. The molecule has 0 spiro atoms. The summed E-state index contributed by atoms with van der Waals surface area (Å²) in [4.78, 5) is 10.5. The maximum atomic E-state index is 10.5. The first kappa shape index (κ1) is 11.1. The molecule has 0 saturated carbocycles. The molecule has 2 rings (SSSR count). The number of benzene rings is 1. The van der Waals surface area contributed by atoms with Crippen LogP contribution in [0.4, 0.5) is 0 Å². The Hall–Kier alpha value is -2.36. The number of carboxylic acids is 1. The summed E-state index contributed by atoms with van der Waals surface area (Å²) in [5, 5.41) is 15.4. The van der Waals surface area contributed by atoms with Gasteiger partial charge in [-0.15, -0.1) is 0 Å². The second kappa shape index (κ2) is 4.65. The molecule has 86 valence electrons. The van der Waals surface area contributed by atoms with Crippen molar-refractivity contribution in [3.63, 3.8) is 0 Å². The van der Waals surface area contributed by atoms with Crippen molar-refractivity contribution in [2.24, 2.45) is 0 Å². The summed E-state index contributed by atoms with van der Waals surface area (Å²) in [7, 11) is 0. The van der Waals surface area contributed by atoms with Crippen LogP contribution in [-0.2, 0) is 4.79 Å². The van der Waals surface area contributed by atoms with Crippen LogP contribution < -0.4 is 0 Å². The van der Waals surface area contributed by atoms with Gasteiger partial charge in [-0.3, -0.25) is 5.10 Å². The number of nitrogens with zero attached hydrogens (tertiary/aromatic N) is 1. The lowest BCUT2D eigenvalue weighted by molar-refractivity contribution is -0.131. The summed E-state index contributed by atoms with van der Waals surface area (Å²) in [6, 6.07) is 7.94. The monoisotopic (exact) mass is 228 g/mol. The van der Waals surface area contributed by atoms with E-state index in [1.54, 1.807) is 6.20 Å². The predicted octanol–water partition coefficient (Wildman–Crippen LogP) is 2.48. The maximum Gasteiger partial charge on any atom is 0.328 e. The van der Waals surface area contributed by atoms with E-state index < -0.39 is 5.97 Å². The molecule has 1 aromatic heterocycles. The Labute approximate surface area is 98.6 Å². The molecule has 2 N–H and O–H groups in total. The van der Waals surface area contributed by atoms with Crippen LogP contribution >= 0.6 is 0 Å². The van der Waals surface area contributed by atoms with Crippen LogP contribution in [0.5, 0.6) is 0 Å². The molecule has 0 aliphatic heterocycles. The van der Waals surface area contributed by atoms with Gasteiger partial charge in [-0.25, -0.2) is 4.79 Å². The summed E-state index contributed by atoms with van der Waals surface area (Å²) < 4.78 is 0. The number of aliphatic carboxylic acids is 1. The fraction of sp³-hybridized carbons (Fsp3) is 0.0769. The van der Waals surface area contributed by atoms with Crippen LogP contribution in [0.25, 0.3) is 17.3 Å². The smallest absolute Gasteiger partial charge is 0.328 e. The quantitative estimate of drug-likeness (QED) is 0.793. The van der Waals surface area contributed by atoms with Crippen LogP contribution in [0.2, 0.25) is 0 Å². The summed E-state index contributed by atoms with van der Waals surface area (Å²) in [6.45, 7) is 2.01. The minimum atomic E-state index is -0.971. The van der Waals surface area contributed by atoms with Crippen LogP contribution in [-0.4, -0.2) is 21.3 Å². The summed E-state index contributed by atoms with van der Waals surface area (Å²) in [6.07, 6.45) is 4.24. The van der Waals surface area contributed by atoms with Crippen LogP contribution in [0.3, 0.4) is 0 Å². The third kappa shape index (κ3) is 2.60. The number of aryl methyl sites for hydroxylation is 1. The first-order valence-electron chi connectivity index (χ1n) is 5.18. The molecule has 0 saturated heterocycles. The first-order chi connectivity index (χ1) is 8.16. The van der Waals surface area contributed by atoms with Crippen molar-refractivity contribution in [1.29, 1.82) is 0 Å². The van der Waals surface area contributed by atoms with Gasteiger partial charge < -0.3 is 5.11 Å². The third-order valence-corrected chi connectivity index (χ3v) is 2.38. The zero-order chi connectivity index (χ0) is 12.3. The predicted molar refractivity (Wildman–Crippen MR) is 65.4 cm³/mol. The van der Waals surface area contributed by atoms with E-state index in [2.05, 4.69) is 10.2 Å². The lowest BCUT2D eigenvalue weighted by Crippen LogP contribution is -1.86. The van der Waals surface area contributed by atoms with Gasteiger partial charge in [0, 0.05) is 17.2 Å². The first-order valence-corrected chi connectivity index (χ1v) is 5.18. The molecular formula is C13H12N2O2. The van der Waals surface area contributed by atoms with Crippen molar-refractivity contribution in [2.45, 2.75) is 6.92 Å². The van der Waals surface area contributed by atoms with E-state index in [1.165, 1.54) is 6.08 Å². The highest BCUT2D eigenvalue weighted by Crippen LogP contribution is 2.22. The van der Waals surface area contributed by atoms with E-state index in [1.807, 2.05) is 31.2 Å². The number of H-pyrrole nitrogens is 1. The zero-order valence-corrected chi connectivity index (χ0v) is 9.34. The second-order valence-electron chi connectivity index (χ2n) is 3.74. The molecule has 0 amide bonds. The maximum absolute atomic E-state index is 10.5. The Morgan fingerprint density at radius 2 is 2.29 bits per heavy atom. The van der Waals surface area contributed by atoms with Crippen molar-refractivity contribution < 1.29 is 9.90 Å². The van der Waals surface area contributed by atoms with E-state index in [9.17, 15) is 4.79 Å². The van der Waals surface area contributed by atoms with Crippen molar-refractivity contribution in [3.8, 4) is 11.3 Å². The number of carboxylic acid groups (broad SMARTS) is 1. The van der Waals surface area contributed by atoms with E-state index in [0.29, 0.717) is 0 Å². The Morgan fingerprint density at radius 3 is 3.00 bits per heavy atom. The lowest BCUT2D eigenvalue weighted by Gasteiger charge is -2.00. The van der Waals surface area contributed by atoms with Gasteiger partial charge in [-0.1, -0.05) is 23.8 Å². The minimum absolute atomic E-state index is 0.762. The zero-order valence-electron chi connectivity index (χ0n) is 9.34. The van der Waals surface area contributed by atoms with Crippen molar-refractivity contribution in [2.75, 3.05) is 0 Å². The summed E-state index contributed by atoms with van der Waals surface area (Å²) >= 11 is 0. The molecule has 1 aromatic carbocycles. The normalized spacial score (nSPS) is 10.9. The number of hydrogen-bond acceptors (Lipinski definition) is 2. The highest BCUT2D eigenvalue weighted by Gasteiger charge is 2.05. The average Bonchev–Trinajstić information content (AvgIpc) is 2.74. The molecule has 0 bridgehead atoms. The minimum Gasteiger partial charge on any atom is -0.478 e. The number of aromatic nitrogens is 2. The molecule has 17 heavy (non-hydrogen) atoms. The SMILES string of the molecule is Cc1cccc(-c2[nH]ncc2/C=C/C(=O)O)c1. The van der Waals surface area contributed by atoms with Crippen molar-refractivity contribution in [3.05, 3.63) is 47.7 Å². The molecule has 0 fully saturated rings. The highest BCUT2D eigenvalue weighted by molar-refractivity contribution is 5.87. The molecule has 1 heterocycles. The number of rotatable bonds is 3. The molecule has 0 unspecified atom stereocenters. The van der Waals surface area contributed by atoms with Crippen LogP contribution in [0.1, 0.15) is 11.1 Å². The second-order valence-corrected chi connectivity index (χ2v) is 3.74. The van der Waals surface area contributed by atoms with Crippen molar-refractivity contribution in [1.82, 2.24) is 10.2 Å². The molecule has 2 aromatic rings. The van der Waals surface area contributed by atoms with Gasteiger partial charge in [-0.2, -0.15) is 5.10 Å². The molecule has 4 heteroatoms. The highest BCUT2D eigenvalue weighted by atomic mass is 16.4. The summed E-state index contributed by atoms with van der Waals surface area (Å²) in [5.41, 5.74) is 3.72. The topological polar surface area (TPSA) is 66.0 Å². The molecule has 0 aliphatic rings. The van der Waals surface area contributed by atoms with Gasteiger partial charge in [-0.05, 0) is 19.1 Å². The Bertz CT molecular complexity index is 570. The Morgan fingerprint density at radius 1 is 1.47 bits per heavy atom. The molecule has 0 atom stereocenters. The van der Waals surface area contributed by atoms with Crippen LogP contribution in [0, 0.1) is 6.92 Å². The van der Waals surface area contributed by atoms with E-state index in [-0.39, 0.29) is 0 Å². The van der Waals surface area contributed by atoms with Gasteiger partial charge >= 0.3 is 5.97 Å². The number of nitrogens with one attached hydrogen (secondary N) is 1. The van der Waals surface area contributed by atoms with Gasteiger partial charge in [0.05, 0.1) is 11.9 Å². The average molecular weight is 228 g/mol. The molecule has 0 aliphatic carbocycles. The van der Waals surface area contributed by atoms with E-state index in [4.69, 9.17) is 5.11 Å². The molecule has 0 radical (unpaired) electrons. The van der Waals surface area contributed by atoms with Crippen molar-refractivity contribution >= 4 is 12.0 Å². The number of carbonyl (C=O) groups is 1. The largest absolute Gasteiger partial charge is 0.478 e. The Balaban J connectivity index is 2.40. The van der Waals surface area contributed by atoms with Gasteiger partial charge in [0.15, 0.2) is 0 Å². The van der Waals surface area contributed by atoms with Crippen LogP contribution in [0.15, 0.2) is 36.5 Å². The third-order valence-electron chi connectivity index (χ3n) is 2.38. The summed E-state index contributed by atoms with van der Waals surface area (Å²) in [5.74, 6) is -0.971. The van der Waals surface area contributed by atoms with Gasteiger partial charge in [0.25, 0.3) is 0 Å². The number of aromatic amines is 1. The standard InChI is InChI=1S/C13H12N2O2/c1-9-3-2-4-10(7-9)13-11(8-14-15-13)5-6-12(16)17/h2-8H,1H3,(H,14,15)(H,16,17)/b6-5+. The van der Waals surface area contributed by atoms with E-state index in [0.717, 1.165) is 28.5 Å². The van der Waals surface area contributed by atoms with Gasteiger partial charge in [0.2, 0.25) is 0 Å². The lowest BCUT2D eigenvalue weighted by atomic mass is 10.1. The Kier molecular flexibility index (Phi) is 3.05. The van der Waals surface area contributed by atoms with Gasteiger partial charge in [0.1, 0.15) is 0 Å². The molecular weight excluding hydrogens is 216 g/mol. The van der Waals surface area contributed by atoms with E-state index >= 15 is 0 Å². The molecule has 4 nitrogen and oxygen atoms in total.